The van der Waals surface area contributed by atoms with Crippen LogP contribution in [0, 0.1) is 0 Å². The van der Waals surface area contributed by atoms with Crippen LogP contribution in [0.15, 0.2) is 15.9 Å². The molecule has 0 unspecified atom stereocenters. The van der Waals surface area contributed by atoms with E-state index < -0.39 is 23.9 Å². The van der Waals surface area contributed by atoms with E-state index in [1.165, 1.54) is 11.3 Å². The highest BCUT2D eigenvalue weighted by Gasteiger charge is 2.20. The van der Waals surface area contributed by atoms with Crippen LogP contribution in [-0.2, 0) is 16.1 Å². The molecule has 9 heteroatoms. The van der Waals surface area contributed by atoms with Crippen molar-refractivity contribution in [2.45, 2.75) is 25.4 Å². The van der Waals surface area contributed by atoms with Gasteiger partial charge in [0.15, 0.2) is 0 Å². The number of carbonyl (C=O) groups is 3. The molecule has 0 spiro atoms. The van der Waals surface area contributed by atoms with Gasteiger partial charge in [-0.15, -0.1) is 11.3 Å². The Balaban J connectivity index is 2.41. The third-order valence-corrected chi connectivity index (χ3v) is 3.96. The Kier molecular flexibility index (Phi) is 6.46. The standard InChI is InChI=1S/C11H14BrN3O4S/c12-8-3-1-6(20-8)5-14-11(19)15-7(10(17)18)2-4-9(13)16/h1,3,7H,2,4-5H2,(H2,13,16)(H,17,18)(H2,14,15,19)/t7-/m0/s1. The average Bonchev–Trinajstić information content (AvgIpc) is 2.77. The van der Waals surface area contributed by atoms with Crippen LogP contribution in [0.2, 0.25) is 0 Å². The molecule has 1 aromatic heterocycles. The maximum atomic E-state index is 11.6. The van der Waals surface area contributed by atoms with Gasteiger partial charge >= 0.3 is 12.0 Å². The number of primary amides is 1. The van der Waals surface area contributed by atoms with Crippen molar-refractivity contribution < 1.29 is 19.5 Å². The molecule has 0 aliphatic heterocycles. The van der Waals surface area contributed by atoms with E-state index in [0.717, 1.165) is 8.66 Å². The molecule has 1 rings (SSSR count). The topological polar surface area (TPSA) is 122 Å². The first-order valence-electron chi connectivity index (χ1n) is 5.68. The van der Waals surface area contributed by atoms with E-state index in [9.17, 15) is 14.4 Å². The smallest absolute Gasteiger partial charge is 0.326 e. The highest BCUT2D eigenvalue weighted by molar-refractivity contribution is 9.11. The largest absolute Gasteiger partial charge is 0.480 e. The van der Waals surface area contributed by atoms with Crippen LogP contribution < -0.4 is 16.4 Å². The predicted octanol–water partition coefficient (Wildman–Crippen LogP) is 1.03. The van der Waals surface area contributed by atoms with Crippen LogP contribution in [0.1, 0.15) is 17.7 Å². The van der Waals surface area contributed by atoms with Gasteiger partial charge in [-0.25, -0.2) is 9.59 Å². The molecule has 0 bridgehead atoms. The lowest BCUT2D eigenvalue weighted by molar-refractivity contribution is -0.139. The molecule has 0 saturated heterocycles. The summed E-state index contributed by atoms with van der Waals surface area (Å²) in [7, 11) is 0. The number of amides is 3. The molecule has 110 valence electrons. The van der Waals surface area contributed by atoms with E-state index in [1.807, 2.05) is 12.1 Å². The van der Waals surface area contributed by atoms with Crippen LogP contribution in [0.5, 0.6) is 0 Å². The number of rotatable bonds is 7. The van der Waals surface area contributed by atoms with E-state index in [0.29, 0.717) is 6.54 Å². The summed E-state index contributed by atoms with van der Waals surface area (Å²) in [5, 5.41) is 13.8. The lowest BCUT2D eigenvalue weighted by Crippen LogP contribution is -2.46. The number of carboxylic acid groups (broad SMARTS) is 1. The third kappa shape index (κ3) is 6.02. The van der Waals surface area contributed by atoms with E-state index in [2.05, 4.69) is 26.6 Å². The van der Waals surface area contributed by atoms with Crippen molar-refractivity contribution in [3.8, 4) is 0 Å². The summed E-state index contributed by atoms with van der Waals surface area (Å²) in [6, 6.07) is 1.95. The molecule has 1 heterocycles. The third-order valence-electron chi connectivity index (χ3n) is 2.33. The molecule has 0 radical (unpaired) electrons. The summed E-state index contributed by atoms with van der Waals surface area (Å²) in [6.45, 7) is 0.296. The fraction of sp³-hybridized carbons (Fsp3) is 0.364. The molecular formula is C11H14BrN3O4S. The molecule has 0 aliphatic carbocycles. The van der Waals surface area contributed by atoms with Crippen molar-refractivity contribution in [2.24, 2.45) is 5.73 Å². The fourth-order valence-corrected chi connectivity index (χ4v) is 2.79. The fourth-order valence-electron chi connectivity index (χ4n) is 1.37. The Labute approximate surface area is 127 Å². The maximum Gasteiger partial charge on any atom is 0.326 e. The first-order chi connectivity index (χ1) is 9.38. The summed E-state index contributed by atoms with van der Waals surface area (Å²) in [4.78, 5) is 34.1. The van der Waals surface area contributed by atoms with Gasteiger partial charge in [-0.2, -0.15) is 0 Å². The van der Waals surface area contributed by atoms with Crippen LogP contribution in [-0.4, -0.2) is 29.1 Å². The Morgan fingerprint density at radius 3 is 2.60 bits per heavy atom. The van der Waals surface area contributed by atoms with Crippen molar-refractivity contribution in [1.29, 1.82) is 0 Å². The van der Waals surface area contributed by atoms with Gasteiger partial charge in [0.1, 0.15) is 6.04 Å². The molecule has 20 heavy (non-hydrogen) atoms. The Hall–Kier alpha value is -1.61. The SMILES string of the molecule is NC(=O)CC[C@H](NC(=O)NCc1ccc(Br)s1)C(=O)O. The summed E-state index contributed by atoms with van der Waals surface area (Å²) in [5.74, 6) is -1.82. The first kappa shape index (κ1) is 16.4. The molecule has 5 N–H and O–H groups in total. The highest BCUT2D eigenvalue weighted by atomic mass is 79.9. The van der Waals surface area contributed by atoms with Crippen LogP contribution in [0.25, 0.3) is 0 Å². The van der Waals surface area contributed by atoms with E-state index >= 15 is 0 Å². The second-order valence-corrected chi connectivity index (χ2v) is 6.48. The summed E-state index contributed by atoms with van der Waals surface area (Å²) in [6.07, 6.45) is -0.141. The highest BCUT2D eigenvalue weighted by Crippen LogP contribution is 2.21. The lowest BCUT2D eigenvalue weighted by Gasteiger charge is -2.14. The average molecular weight is 364 g/mol. The minimum absolute atomic E-state index is 0.0391. The number of aliphatic carboxylic acids is 1. The van der Waals surface area contributed by atoms with Crippen molar-refractivity contribution in [3.63, 3.8) is 0 Å². The molecule has 0 aromatic carbocycles. The quantitative estimate of drug-likeness (QED) is 0.577. The molecule has 0 fully saturated rings. The molecule has 0 aliphatic rings. The monoisotopic (exact) mass is 363 g/mol. The predicted molar refractivity (Wildman–Crippen MR) is 77.2 cm³/mol. The van der Waals surface area contributed by atoms with E-state index in [1.54, 1.807) is 0 Å². The zero-order chi connectivity index (χ0) is 15.1. The van der Waals surface area contributed by atoms with Gasteiger partial charge in [-0.3, -0.25) is 4.79 Å². The Bertz CT molecular complexity index is 506. The molecular weight excluding hydrogens is 350 g/mol. The van der Waals surface area contributed by atoms with Crippen LogP contribution in [0.4, 0.5) is 4.79 Å². The van der Waals surface area contributed by atoms with Gasteiger partial charge in [0.05, 0.1) is 10.3 Å². The van der Waals surface area contributed by atoms with E-state index in [4.69, 9.17) is 10.8 Å². The minimum Gasteiger partial charge on any atom is -0.480 e. The number of carbonyl (C=O) groups excluding carboxylic acids is 2. The number of thiophene rings is 1. The number of nitrogens with one attached hydrogen (secondary N) is 2. The maximum absolute atomic E-state index is 11.6. The zero-order valence-corrected chi connectivity index (χ0v) is 12.8. The second-order valence-electron chi connectivity index (χ2n) is 3.93. The normalized spacial score (nSPS) is 11.7. The first-order valence-corrected chi connectivity index (χ1v) is 7.29. The van der Waals surface area contributed by atoms with E-state index in [-0.39, 0.29) is 12.8 Å². The Morgan fingerprint density at radius 2 is 2.10 bits per heavy atom. The second kappa shape index (κ2) is 7.85. The molecule has 1 aromatic rings. The minimum atomic E-state index is -1.21. The van der Waals surface area contributed by atoms with Gasteiger partial charge < -0.3 is 21.5 Å². The van der Waals surface area contributed by atoms with Gasteiger partial charge in [0.25, 0.3) is 0 Å². The van der Waals surface area contributed by atoms with Crippen molar-refractivity contribution in [2.75, 3.05) is 0 Å². The van der Waals surface area contributed by atoms with Crippen molar-refractivity contribution >= 4 is 45.2 Å². The number of carboxylic acids is 1. The molecule has 3 amide bonds. The molecule has 7 nitrogen and oxygen atoms in total. The molecule has 0 saturated carbocycles. The van der Waals surface area contributed by atoms with Crippen LogP contribution >= 0.6 is 27.3 Å². The van der Waals surface area contributed by atoms with Gasteiger partial charge in [-0.05, 0) is 34.5 Å². The summed E-state index contributed by atoms with van der Waals surface area (Å²) in [5.41, 5.74) is 4.95. The number of hydrogen-bond donors (Lipinski definition) is 4. The number of urea groups is 1. The number of halogens is 1. The number of hydrogen-bond acceptors (Lipinski definition) is 4. The number of nitrogens with two attached hydrogens (primary N) is 1. The Morgan fingerprint density at radius 1 is 1.40 bits per heavy atom. The van der Waals surface area contributed by atoms with Crippen molar-refractivity contribution in [1.82, 2.24) is 10.6 Å². The molecule has 1 atom stereocenters. The lowest BCUT2D eigenvalue weighted by atomic mass is 10.1. The zero-order valence-electron chi connectivity index (χ0n) is 10.4. The summed E-state index contributed by atoms with van der Waals surface area (Å²) < 4.78 is 0.944. The summed E-state index contributed by atoms with van der Waals surface area (Å²) >= 11 is 4.77. The van der Waals surface area contributed by atoms with Gasteiger partial charge in [0, 0.05) is 11.3 Å². The van der Waals surface area contributed by atoms with Crippen molar-refractivity contribution in [3.05, 3.63) is 20.8 Å². The van der Waals surface area contributed by atoms with Gasteiger partial charge in [0.2, 0.25) is 5.91 Å². The van der Waals surface area contributed by atoms with Crippen LogP contribution in [0.3, 0.4) is 0 Å². The van der Waals surface area contributed by atoms with Gasteiger partial charge in [-0.1, -0.05) is 0 Å².